The molecule has 1 aromatic rings. The summed E-state index contributed by atoms with van der Waals surface area (Å²) in [5.41, 5.74) is 2.58. The first-order valence-corrected chi connectivity index (χ1v) is 7.65. The van der Waals surface area contributed by atoms with Gasteiger partial charge in [-0.1, -0.05) is 30.3 Å². The van der Waals surface area contributed by atoms with Crippen molar-refractivity contribution in [3.05, 3.63) is 47.2 Å². The van der Waals surface area contributed by atoms with Gasteiger partial charge in [-0.2, -0.15) is 0 Å². The van der Waals surface area contributed by atoms with E-state index in [1.807, 2.05) is 35.1 Å². The molecule has 1 heterocycles. The Morgan fingerprint density at radius 1 is 1.41 bits per heavy atom. The Labute approximate surface area is 132 Å². The predicted octanol–water partition coefficient (Wildman–Crippen LogP) is 1.58. The number of rotatable bonds is 6. The summed E-state index contributed by atoms with van der Waals surface area (Å²) in [5, 5.41) is 13.2. The monoisotopic (exact) mass is 302 g/mol. The molecule has 0 fully saturated rings. The zero-order chi connectivity index (χ0) is 16.1. The highest BCUT2D eigenvalue weighted by Gasteiger charge is 2.32. The number of ether oxygens (including phenoxy) is 1. The van der Waals surface area contributed by atoms with Gasteiger partial charge in [0.25, 0.3) is 0 Å². The number of nitrogens with one attached hydrogen (secondary N) is 1. The van der Waals surface area contributed by atoms with Crippen molar-refractivity contribution in [2.24, 2.45) is 0 Å². The zero-order valence-electron chi connectivity index (χ0n) is 13.4. The van der Waals surface area contributed by atoms with Gasteiger partial charge in [-0.3, -0.25) is 0 Å². The van der Waals surface area contributed by atoms with Crippen molar-refractivity contribution in [3.8, 4) is 0 Å². The third-order valence-electron chi connectivity index (χ3n) is 3.83. The molecule has 0 spiro atoms. The van der Waals surface area contributed by atoms with E-state index in [4.69, 9.17) is 4.74 Å². The fourth-order valence-electron chi connectivity index (χ4n) is 2.54. The number of hydrogen-bond acceptors (Lipinski definition) is 5. The average molecular weight is 302 g/mol. The summed E-state index contributed by atoms with van der Waals surface area (Å²) in [6, 6.07) is 10.1. The third kappa shape index (κ3) is 3.90. The van der Waals surface area contributed by atoms with Gasteiger partial charge in [0.1, 0.15) is 0 Å². The van der Waals surface area contributed by atoms with Crippen LogP contribution in [-0.4, -0.2) is 42.6 Å². The molecule has 0 saturated carbocycles. The second kappa shape index (κ2) is 7.47. The van der Waals surface area contributed by atoms with Crippen LogP contribution in [0.5, 0.6) is 0 Å². The summed E-state index contributed by atoms with van der Waals surface area (Å²) in [4.78, 5) is 13.9. The van der Waals surface area contributed by atoms with Gasteiger partial charge in [-0.15, -0.1) is 0 Å². The molecule has 118 valence electrons. The number of carbonyl (C=O) groups excluding carboxylic acids is 1. The molecular formula is C16H23BN2O3. The zero-order valence-corrected chi connectivity index (χ0v) is 13.4. The molecule has 6 heteroatoms. The molecule has 1 aliphatic heterocycles. The largest absolute Gasteiger partial charge is 0.463 e. The lowest BCUT2D eigenvalue weighted by molar-refractivity contribution is -0.138. The van der Waals surface area contributed by atoms with E-state index in [-0.39, 0.29) is 12.0 Å². The second-order valence-electron chi connectivity index (χ2n) is 5.49. The van der Waals surface area contributed by atoms with Crippen LogP contribution >= 0.6 is 0 Å². The lowest BCUT2D eigenvalue weighted by atomic mass is 9.85. The number of carbonyl (C=O) groups is 1. The molecular weight excluding hydrogens is 279 g/mol. The Balaban J connectivity index is 2.16. The average Bonchev–Trinajstić information content (AvgIpc) is 2.92. The molecule has 0 radical (unpaired) electrons. The van der Waals surface area contributed by atoms with Crippen molar-refractivity contribution >= 4 is 13.0 Å². The van der Waals surface area contributed by atoms with Gasteiger partial charge in [0.15, 0.2) is 0 Å². The highest BCUT2D eigenvalue weighted by Crippen LogP contribution is 2.21. The molecule has 2 N–H and O–H groups in total. The first kappa shape index (κ1) is 16.6. The Hall–Kier alpha value is -1.79. The maximum atomic E-state index is 12.1. The Bertz CT molecular complexity index is 546. The van der Waals surface area contributed by atoms with E-state index >= 15 is 0 Å². The second-order valence-corrected chi connectivity index (χ2v) is 5.49. The minimum atomic E-state index is -0.601. The molecule has 22 heavy (non-hydrogen) atoms. The van der Waals surface area contributed by atoms with Crippen LogP contribution in [0.15, 0.2) is 41.6 Å². The molecule has 1 atom stereocenters. The first-order chi connectivity index (χ1) is 10.5. The topological polar surface area (TPSA) is 61.8 Å². The molecule has 0 saturated heterocycles. The van der Waals surface area contributed by atoms with Crippen LogP contribution in [0, 0.1) is 0 Å². The SMILES string of the molecule is CCOC(=O)C1=C(N[C@H](C)c2ccccc2)CN(B(C)O)C1. The van der Waals surface area contributed by atoms with Crippen LogP contribution in [0.4, 0.5) is 0 Å². The minimum absolute atomic E-state index is 0.0783. The van der Waals surface area contributed by atoms with Crippen LogP contribution in [-0.2, 0) is 9.53 Å². The van der Waals surface area contributed by atoms with E-state index in [1.54, 1.807) is 13.7 Å². The highest BCUT2D eigenvalue weighted by atomic mass is 16.5. The van der Waals surface area contributed by atoms with Crippen molar-refractivity contribution in [1.82, 2.24) is 10.1 Å². The lowest BCUT2D eigenvalue weighted by Gasteiger charge is -2.19. The van der Waals surface area contributed by atoms with Gasteiger partial charge >= 0.3 is 13.0 Å². The van der Waals surface area contributed by atoms with Crippen molar-refractivity contribution in [2.75, 3.05) is 19.7 Å². The molecule has 0 bridgehead atoms. The molecule has 0 amide bonds. The van der Waals surface area contributed by atoms with Gasteiger partial charge in [-0.25, -0.2) is 4.79 Å². The summed E-state index contributed by atoms with van der Waals surface area (Å²) in [7, 11) is -0.601. The summed E-state index contributed by atoms with van der Waals surface area (Å²) >= 11 is 0. The smallest absolute Gasteiger partial charge is 0.377 e. The minimum Gasteiger partial charge on any atom is -0.463 e. The van der Waals surface area contributed by atoms with Gasteiger partial charge in [0.05, 0.1) is 12.2 Å². The number of esters is 1. The van der Waals surface area contributed by atoms with Crippen LogP contribution in [0.25, 0.3) is 0 Å². The molecule has 0 aliphatic carbocycles. The van der Waals surface area contributed by atoms with Gasteiger partial charge in [0, 0.05) is 24.8 Å². The maximum absolute atomic E-state index is 12.1. The fraction of sp³-hybridized carbons (Fsp3) is 0.438. The normalized spacial score (nSPS) is 16.5. The quantitative estimate of drug-likeness (QED) is 0.617. The molecule has 2 rings (SSSR count). The van der Waals surface area contributed by atoms with E-state index in [0.717, 1.165) is 11.3 Å². The summed E-state index contributed by atoms with van der Waals surface area (Å²) in [5.74, 6) is -0.312. The number of nitrogens with zero attached hydrogens (tertiary/aromatic N) is 1. The van der Waals surface area contributed by atoms with Gasteiger partial charge in [-0.05, 0) is 26.2 Å². The van der Waals surface area contributed by atoms with Crippen LogP contribution in [0.3, 0.4) is 0 Å². The van der Waals surface area contributed by atoms with E-state index in [9.17, 15) is 9.82 Å². The molecule has 0 aromatic heterocycles. The summed E-state index contributed by atoms with van der Waals surface area (Å²) < 4.78 is 5.13. The van der Waals surface area contributed by atoms with Gasteiger partial charge < -0.3 is 19.9 Å². The predicted molar refractivity (Wildman–Crippen MR) is 87.1 cm³/mol. The van der Waals surface area contributed by atoms with Crippen molar-refractivity contribution in [1.29, 1.82) is 0 Å². The van der Waals surface area contributed by atoms with Crippen molar-refractivity contribution < 1.29 is 14.6 Å². The van der Waals surface area contributed by atoms with Crippen molar-refractivity contribution in [2.45, 2.75) is 26.7 Å². The van der Waals surface area contributed by atoms with Crippen LogP contribution in [0.2, 0.25) is 6.82 Å². The summed E-state index contributed by atoms with van der Waals surface area (Å²) in [6.07, 6.45) is 0. The van der Waals surface area contributed by atoms with Gasteiger partial charge in [0.2, 0.25) is 0 Å². The Morgan fingerprint density at radius 2 is 2.09 bits per heavy atom. The van der Waals surface area contributed by atoms with E-state index in [2.05, 4.69) is 12.2 Å². The van der Waals surface area contributed by atoms with E-state index < -0.39 is 7.05 Å². The number of benzene rings is 1. The fourth-order valence-corrected chi connectivity index (χ4v) is 2.54. The molecule has 1 aromatic carbocycles. The lowest BCUT2D eigenvalue weighted by Crippen LogP contribution is -2.37. The van der Waals surface area contributed by atoms with E-state index in [1.165, 1.54) is 0 Å². The Kier molecular flexibility index (Phi) is 5.63. The van der Waals surface area contributed by atoms with Crippen LogP contribution < -0.4 is 5.32 Å². The van der Waals surface area contributed by atoms with E-state index in [0.29, 0.717) is 25.3 Å². The molecule has 0 unspecified atom stereocenters. The van der Waals surface area contributed by atoms with Crippen LogP contribution in [0.1, 0.15) is 25.5 Å². The maximum Gasteiger partial charge on any atom is 0.377 e. The highest BCUT2D eigenvalue weighted by molar-refractivity contribution is 6.45. The Morgan fingerprint density at radius 3 is 2.68 bits per heavy atom. The molecule has 5 nitrogen and oxygen atoms in total. The third-order valence-corrected chi connectivity index (χ3v) is 3.83. The number of hydrogen-bond donors (Lipinski definition) is 2. The van der Waals surface area contributed by atoms with Crippen molar-refractivity contribution in [3.63, 3.8) is 0 Å². The molecule has 1 aliphatic rings. The summed E-state index contributed by atoms with van der Waals surface area (Å²) in [6.45, 7) is 6.81. The first-order valence-electron chi connectivity index (χ1n) is 7.65. The standard InChI is InChI=1S/C16H23BN2O3/c1-4-22-16(20)14-10-19(17(3)21)11-15(14)18-12(2)13-8-6-5-7-9-13/h5-9,12,18,21H,4,10-11H2,1-3H3/t12-/m1/s1.